The second-order valence-corrected chi connectivity index (χ2v) is 9.98. The third-order valence-electron chi connectivity index (χ3n) is 7.39. The molecule has 0 aromatic heterocycles. The smallest absolute Gasteiger partial charge is 0.322 e. The van der Waals surface area contributed by atoms with E-state index in [0.29, 0.717) is 6.54 Å². The number of rotatable bonds is 7. The first kappa shape index (κ1) is 25.1. The minimum atomic E-state index is -0.303. The van der Waals surface area contributed by atoms with E-state index in [1.807, 2.05) is 24.0 Å². The monoisotopic (exact) mass is 477 g/mol. The second kappa shape index (κ2) is 10.3. The van der Waals surface area contributed by atoms with E-state index in [0.717, 1.165) is 67.2 Å². The highest BCUT2D eigenvalue weighted by Gasteiger charge is 2.48. The number of methoxy groups -OCH3 is 2. The van der Waals surface area contributed by atoms with Gasteiger partial charge in [-0.25, -0.2) is 4.79 Å². The number of carbonyl (C=O) groups is 1. The summed E-state index contributed by atoms with van der Waals surface area (Å²) in [7, 11) is 3.32. The van der Waals surface area contributed by atoms with Crippen LogP contribution in [-0.4, -0.2) is 48.7 Å². The van der Waals surface area contributed by atoms with E-state index in [9.17, 15) is 4.79 Å². The molecular weight excluding hydrogens is 438 g/mol. The lowest BCUT2D eigenvalue weighted by molar-refractivity contribution is 0.160. The molecule has 0 unspecified atom stereocenters. The van der Waals surface area contributed by atoms with Crippen LogP contribution < -0.4 is 14.8 Å². The molecule has 2 heterocycles. The number of allylic oxidation sites excluding steroid dienone is 1. The maximum atomic E-state index is 13.3. The van der Waals surface area contributed by atoms with E-state index in [4.69, 9.17) is 9.47 Å². The van der Waals surface area contributed by atoms with Crippen LogP contribution in [0, 0.1) is 20.8 Å². The van der Waals surface area contributed by atoms with Gasteiger partial charge < -0.3 is 14.8 Å². The SMILES string of the molecule is CC/C=C1\N(Cc2cc(OC)cc(OC)c2C)C(=O)NC12CCN(Cc1cc(C)cc(C)c1)CC2. The number of carbonyl (C=O) groups excluding carboxylic acids is 1. The van der Waals surface area contributed by atoms with E-state index < -0.39 is 0 Å². The van der Waals surface area contributed by atoms with Gasteiger partial charge in [-0.05, 0) is 62.8 Å². The van der Waals surface area contributed by atoms with Crippen molar-refractivity contribution in [2.24, 2.45) is 0 Å². The highest BCUT2D eigenvalue weighted by atomic mass is 16.5. The average Bonchev–Trinajstić information content (AvgIpc) is 3.06. The van der Waals surface area contributed by atoms with Crippen molar-refractivity contribution in [3.8, 4) is 11.5 Å². The van der Waals surface area contributed by atoms with Crippen molar-refractivity contribution < 1.29 is 14.3 Å². The van der Waals surface area contributed by atoms with E-state index >= 15 is 0 Å². The molecule has 0 atom stereocenters. The van der Waals surface area contributed by atoms with Crippen LogP contribution >= 0.6 is 0 Å². The van der Waals surface area contributed by atoms with Crippen LogP contribution in [0.3, 0.4) is 0 Å². The second-order valence-electron chi connectivity index (χ2n) is 9.98. The van der Waals surface area contributed by atoms with Gasteiger partial charge in [-0.3, -0.25) is 9.80 Å². The van der Waals surface area contributed by atoms with Crippen molar-refractivity contribution in [2.75, 3.05) is 27.3 Å². The number of benzene rings is 2. The number of hydrogen-bond donors (Lipinski definition) is 1. The predicted molar refractivity (Wildman–Crippen MR) is 140 cm³/mol. The molecule has 0 saturated carbocycles. The van der Waals surface area contributed by atoms with Gasteiger partial charge in [0.1, 0.15) is 11.5 Å². The lowest BCUT2D eigenvalue weighted by atomic mass is 9.84. The van der Waals surface area contributed by atoms with Gasteiger partial charge in [0.25, 0.3) is 0 Å². The number of nitrogens with zero attached hydrogens (tertiary/aromatic N) is 2. The fourth-order valence-corrected chi connectivity index (χ4v) is 5.63. The molecule has 2 aliphatic heterocycles. The van der Waals surface area contributed by atoms with Crippen molar-refractivity contribution in [3.63, 3.8) is 0 Å². The normalized spacial score (nSPS) is 18.9. The van der Waals surface area contributed by atoms with Crippen LogP contribution in [0.5, 0.6) is 11.5 Å². The summed E-state index contributed by atoms with van der Waals surface area (Å²) in [5.41, 5.74) is 6.85. The van der Waals surface area contributed by atoms with Crippen molar-refractivity contribution in [1.29, 1.82) is 0 Å². The summed E-state index contributed by atoms with van der Waals surface area (Å²) >= 11 is 0. The Morgan fingerprint density at radius 3 is 2.26 bits per heavy atom. The Balaban J connectivity index is 1.53. The van der Waals surface area contributed by atoms with Gasteiger partial charge in [0.2, 0.25) is 0 Å². The van der Waals surface area contributed by atoms with Gasteiger partial charge in [0.05, 0.1) is 26.3 Å². The highest BCUT2D eigenvalue weighted by molar-refractivity contribution is 5.82. The minimum Gasteiger partial charge on any atom is -0.497 e. The number of aryl methyl sites for hydroxylation is 2. The van der Waals surface area contributed by atoms with Crippen molar-refractivity contribution in [1.82, 2.24) is 15.1 Å². The Labute approximate surface area is 209 Å². The van der Waals surface area contributed by atoms with Crippen molar-refractivity contribution in [3.05, 3.63) is 69.9 Å². The Hall–Kier alpha value is -2.99. The molecule has 0 radical (unpaired) electrons. The fraction of sp³-hybridized carbons (Fsp3) is 0.483. The van der Waals surface area contributed by atoms with Crippen LogP contribution in [0.15, 0.2) is 42.1 Å². The quantitative estimate of drug-likeness (QED) is 0.574. The summed E-state index contributed by atoms with van der Waals surface area (Å²) in [5, 5.41) is 3.38. The zero-order valence-electron chi connectivity index (χ0n) is 22.0. The van der Waals surface area contributed by atoms with Crippen molar-refractivity contribution in [2.45, 2.75) is 65.6 Å². The zero-order valence-corrected chi connectivity index (χ0v) is 22.0. The number of likely N-dealkylation sites (tertiary alicyclic amines) is 1. The molecule has 188 valence electrons. The van der Waals surface area contributed by atoms with Crippen LogP contribution in [0.25, 0.3) is 0 Å². The summed E-state index contributed by atoms with van der Waals surface area (Å²) < 4.78 is 11.0. The van der Waals surface area contributed by atoms with Gasteiger partial charge in [-0.2, -0.15) is 0 Å². The fourth-order valence-electron chi connectivity index (χ4n) is 5.63. The van der Waals surface area contributed by atoms with E-state index in [-0.39, 0.29) is 11.6 Å². The number of amides is 2. The van der Waals surface area contributed by atoms with E-state index in [1.54, 1.807) is 14.2 Å². The molecule has 2 amide bonds. The standard InChI is InChI=1S/C29H39N3O3/c1-7-8-27-29(9-11-31(12-10-29)18-23-14-20(2)13-21(3)15-23)30-28(33)32(27)19-24-16-25(34-5)17-26(35-6)22(24)4/h8,13-17H,7,9-12,18-19H2,1-6H3,(H,30,33)/b27-8-. The molecule has 6 heteroatoms. The molecule has 0 bridgehead atoms. The molecule has 6 nitrogen and oxygen atoms in total. The van der Waals surface area contributed by atoms with Gasteiger partial charge in [0.15, 0.2) is 0 Å². The number of hydrogen-bond acceptors (Lipinski definition) is 4. The molecule has 2 aromatic rings. The zero-order chi connectivity index (χ0) is 25.2. The van der Waals surface area contributed by atoms with Gasteiger partial charge in [-0.15, -0.1) is 0 Å². The minimum absolute atomic E-state index is 0.0198. The molecule has 1 N–H and O–H groups in total. The summed E-state index contributed by atoms with van der Waals surface area (Å²) in [6.45, 7) is 11.8. The molecule has 2 aromatic carbocycles. The number of nitrogens with one attached hydrogen (secondary N) is 1. The number of piperidine rings is 1. The number of urea groups is 1. The molecule has 4 rings (SSSR count). The molecule has 2 saturated heterocycles. The van der Waals surface area contributed by atoms with Crippen LogP contribution in [0.2, 0.25) is 0 Å². The van der Waals surface area contributed by atoms with Crippen molar-refractivity contribution >= 4 is 6.03 Å². The molecule has 0 aliphatic carbocycles. The lowest BCUT2D eigenvalue weighted by Gasteiger charge is -2.40. The predicted octanol–water partition coefficient (Wildman–Crippen LogP) is 5.48. The van der Waals surface area contributed by atoms with E-state index in [2.05, 4.69) is 55.3 Å². The maximum absolute atomic E-state index is 13.3. The molecule has 2 fully saturated rings. The topological polar surface area (TPSA) is 54.0 Å². The Morgan fingerprint density at radius 2 is 1.66 bits per heavy atom. The highest BCUT2D eigenvalue weighted by Crippen LogP contribution is 2.39. The summed E-state index contributed by atoms with van der Waals surface area (Å²) in [6, 6.07) is 10.7. The molecule has 2 aliphatic rings. The summed E-state index contributed by atoms with van der Waals surface area (Å²) in [6.07, 6.45) is 4.93. The van der Waals surface area contributed by atoms with Gasteiger partial charge in [-0.1, -0.05) is 42.3 Å². The third kappa shape index (κ3) is 5.18. The first-order valence-electron chi connectivity index (χ1n) is 12.6. The Kier molecular flexibility index (Phi) is 7.41. The molecule has 1 spiro atoms. The summed E-state index contributed by atoms with van der Waals surface area (Å²) in [5.74, 6) is 1.51. The van der Waals surface area contributed by atoms with Gasteiger partial charge >= 0.3 is 6.03 Å². The van der Waals surface area contributed by atoms with E-state index in [1.165, 1.54) is 16.7 Å². The molecule has 35 heavy (non-hydrogen) atoms. The summed E-state index contributed by atoms with van der Waals surface area (Å²) in [4.78, 5) is 17.7. The largest absolute Gasteiger partial charge is 0.497 e. The molecular formula is C29H39N3O3. The van der Waals surface area contributed by atoms with Gasteiger partial charge in [0, 0.05) is 31.4 Å². The maximum Gasteiger partial charge on any atom is 0.322 e. The Morgan fingerprint density at radius 1 is 0.971 bits per heavy atom. The first-order chi connectivity index (χ1) is 16.8. The van der Waals surface area contributed by atoms with Crippen LogP contribution in [0.1, 0.15) is 54.0 Å². The number of ether oxygens (including phenoxy) is 2. The lowest BCUT2D eigenvalue weighted by Crippen LogP contribution is -2.51. The third-order valence-corrected chi connectivity index (χ3v) is 7.39. The first-order valence-corrected chi connectivity index (χ1v) is 12.6. The van der Waals surface area contributed by atoms with Crippen LogP contribution in [0.4, 0.5) is 4.79 Å². The Bertz CT molecular complexity index is 1100. The average molecular weight is 478 g/mol. The van der Waals surface area contributed by atoms with Crippen LogP contribution in [-0.2, 0) is 13.1 Å².